The fourth-order valence-corrected chi connectivity index (χ4v) is 3.38. The van der Waals surface area contributed by atoms with Crippen LogP contribution in [0, 0.1) is 0 Å². The van der Waals surface area contributed by atoms with E-state index in [2.05, 4.69) is 10.2 Å². The van der Waals surface area contributed by atoms with E-state index in [0.29, 0.717) is 6.04 Å². The molecule has 86 valence electrons. The van der Waals surface area contributed by atoms with Crippen LogP contribution in [-0.4, -0.2) is 49.3 Å². The van der Waals surface area contributed by atoms with E-state index < -0.39 is 0 Å². The number of hydrogen-bond acceptors (Lipinski definition) is 3. The van der Waals surface area contributed by atoms with Crippen LogP contribution < -0.4 is 5.32 Å². The third-order valence-corrected chi connectivity index (χ3v) is 4.22. The lowest BCUT2D eigenvalue weighted by molar-refractivity contribution is 0.152. The molecule has 15 heavy (non-hydrogen) atoms. The molecule has 3 aliphatic rings. The highest BCUT2D eigenvalue weighted by Gasteiger charge is 2.32. The zero-order chi connectivity index (χ0) is 10.1. The molecule has 0 spiro atoms. The molecule has 3 aliphatic heterocycles. The molecule has 0 bridgehead atoms. The number of piperidine rings is 1. The van der Waals surface area contributed by atoms with Gasteiger partial charge in [-0.2, -0.15) is 0 Å². The zero-order valence-electron chi connectivity index (χ0n) is 9.45. The molecule has 0 aromatic rings. The van der Waals surface area contributed by atoms with Crippen LogP contribution >= 0.6 is 0 Å². The minimum absolute atomic E-state index is 0.642. The third kappa shape index (κ3) is 2.19. The number of rotatable bonds is 2. The fraction of sp³-hybridized carbons (Fsp3) is 1.00. The standard InChI is InChI=1S/C12H22N2O/c1-2-12-8-10(3-6-14(12)5-1)13-11-4-7-15-9-11/h10-13H,1-9H2. The quantitative estimate of drug-likeness (QED) is 0.735. The van der Waals surface area contributed by atoms with E-state index in [-0.39, 0.29) is 0 Å². The lowest BCUT2D eigenvalue weighted by Gasteiger charge is -2.36. The Kier molecular flexibility index (Phi) is 2.95. The first kappa shape index (κ1) is 10.1. The second-order valence-corrected chi connectivity index (χ2v) is 5.28. The van der Waals surface area contributed by atoms with E-state index in [4.69, 9.17) is 4.74 Å². The summed E-state index contributed by atoms with van der Waals surface area (Å²) in [6.07, 6.45) is 6.78. The number of nitrogens with zero attached hydrogens (tertiary/aromatic N) is 1. The van der Waals surface area contributed by atoms with Gasteiger partial charge >= 0.3 is 0 Å². The maximum absolute atomic E-state index is 5.41. The largest absolute Gasteiger partial charge is 0.380 e. The molecule has 3 nitrogen and oxygen atoms in total. The van der Waals surface area contributed by atoms with Crippen LogP contribution in [-0.2, 0) is 4.74 Å². The van der Waals surface area contributed by atoms with Crippen molar-refractivity contribution in [2.45, 2.75) is 50.2 Å². The van der Waals surface area contributed by atoms with Crippen molar-refractivity contribution in [1.29, 1.82) is 0 Å². The van der Waals surface area contributed by atoms with Gasteiger partial charge < -0.3 is 15.0 Å². The number of nitrogens with one attached hydrogen (secondary N) is 1. The van der Waals surface area contributed by atoms with Crippen molar-refractivity contribution in [2.75, 3.05) is 26.3 Å². The Morgan fingerprint density at radius 3 is 2.93 bits per heavy atom. The van der Waals surface area contributed by atoms with Gasteiger partial charge in [0.05, 0.1) is 6.61 Å². The summed E-state index contributed by atoms with van der Waals surface area (Å²) < 4.78 is 5.41. The van der Waals surface area contributed by atoms with Crippen LogP contribution in [0.1, 0.15) is 32.1 Å². The van der Waals surface area contributed by atoms with Crippen LogP contribution in [0.2, 0.25) is 0 Å². The van der Waals surface area contributed by atoms with E-state index in [1.165, 1.54) is 45.2 Å². The molecule has 1 N–H and O–H groups in total. The maximum Gasteiger partial charge on any atom is 0.0620 e. The van der Waals surface area contributed by atoms with Crippen LogP contribution in [0.4, 0.5) is 0 Å². The summed E-state index contributed by atoms with van der Waals surface area (Å²) in [7, 11) is 0. The summed E-state index contributed by atoms with van der Waals surface area (Å²) in [5.74, 6) is 0. The van der Waals surface area contributed by atoms with Crippen molar-refractivity contribution in [2.24, 2.45) is 0 Å². The first-order valence-electron chi connectivity index (χ1n) is 6.49. The Morgan fingerprint density at radius 2 is 2.07 bits per heavy atom. The Labute approximate surface area is 92.2 Å². The Bertz CT molecular complexity index is 214. The van der Waals surface area contributed by atoms with Crippen molar-refractivity contribution in [1.82, 2.24) is 10.2 Å². The summed E-state index contributed by atoms with van der Waals surface area (Å²) >= 11 is 0. The average molecular weight is 210 g/mol. The molecule has 0 amide bonds. The normalized spacial score (nSPS) is 42.0. The smallest absolute Gasteiger partial charge is 0.0620 e. The first-order chi connectivity index (χ1) is 7.42. The van der Waals surface area contributed by atoms with Gasteiger partial charge in [-0.25, -0.2) is 0 Å². The van der Waals surface area contributed by atoms with Gasteiger partial charge in [-0.1, -0.05) is 0 Å². The topological polar surface area (TPSA) is 24.5 Å². The van der Waals surface area contributed by atoms with Gasteiger partial charge in [-0.05, 0) is 45.2 Å². The fourth-order valence-electron chi connectivity index (χ4n) is 3.38. The Balaban J connectivity index is 1.50. The number of ether oxygens (including phenoxy) is 1. The van der Waals surface area contributed by atoms with Gasteiger partial charge in [0.2, 0.25) is 0 Å². The molecule has 3 atom stereocenters. The molecular formula is C12H22N2O. The monoisotopic (exact) mass is 210 g/mol. The van der Waals surface area contributed by atoms with Crippen LogP contribution in [0.15, 0.2) is 0 Å². The second-order valence-electron chi connectivity index (χ2n) is 5.28. The zero-order valence-corrected chi connectivity index (χ0v) is 9.45. The SMILES string of the molecule is C1CC2CC(NC3CCOC3)CCN2C1. The van der Waals surface area contributed by atoms with Crippen molar-refractivity contribution in [3.8, 4) is 0 Å². The predicted octanol–water partition coefficient (Wildman–Crippen LogP) is 0.992. The summed E-state index contributed by atoms with van der Waals surface area (Å²) in [5, 5.41) is 3.78. The van der Waals surface area contributed by atoms with E-state index in [0.717, 1.165) is 25.3 Å². The van der Waals surface area contributed by atoms with E-state index >= 15 is 0 Å². The average Bonchev–Trinajstić information content (AvgIpc) is 2.87. The molecule has 3 saturated heterocycles. The van der Waals surface area contributed by atoms with Crippen molar-refractivity contribution < 1.29 is 4.74 Å². The highest BCUT2D eigenvalue weighted by molar-refractivity contribution is 4.90. The van der Waals surface area contributed by atoms with Crippen molar-refractivity contribution >= 4 is 0 Å². The second kappa shape index (κ2) is 4.40. The van der Waals surface area contributed by atoms with E-state index in [1.54, 1.807) is 0 Å². The van der Waals surface area contributed by atoms with Gasteiger partial charge in [0, 0.05) is 24.7 Å². The molecule has 0 saturated carbocycles. The molecule has 3 heteroatoms. The minimum Gasteiger partial charge on any atom is -0.380 e. The highest BCUT2D eigenvalue weighted by Crippen LogP contribution is 2.27. The van der Waals surface area contributed by atoms with E-state index in [9.17, 15) is 0 Å². The highest BCUT2D eigenvalue weighted by atomic mass is 16.5. The van der Waals surface area contributed by atoms with Gasteiger partial charge in [-0.15, -0.1) is 0 Å². The lowest BCUT2D eigenvalue weighted by atomic mass is 9.97. The molecule has 0 aromatic heterocycles. The van der Waals surface area contributed by atoms with Crippen LogP contribution in [0.3, 0.4) is 0 Å². The van der Waals surface area contributed by atoms with Gasteiger partial charge in [0.15, 0.2) is 0 Å². The van der Waals surface area contributed by atoms with Crippen molar-refractivity contribution in [3.63, 3.8) is 0 Å². The molecule has 0 radical (unpaired) electrons. The Morgan fingerprint density at radius 1 is 1.07 bits per heavy atom. The van der Waals surface area contributed by atoms with Crippen molar-refractivity contribution in [3.05, 3.63) is 0 Å². The molecule has 3 unspecified atom stereocenters. The molecule has 3 fully saturated rings. The summed E-state index contributed by atoms with van der Waals surface area (Å²) in [4.78, 5) is 2.68. The maximum atomic E-state index is 5.41. The third-order valence-electron chi connectivity index (χ3n) is 4.22. The number of fused-ring (bicyclic) bond motifs is 1. The lowest BCUT2D eigenvalue weighted by Crippen LogP contribution is -2.48. The molecule has 3 rings (SSSR count). The molecule has 3 heterocycles. The molecule has 0 aliphatic carbocycles. The summed E-state index contributed by atoms with van der Waals surface area (Å²) in [5.41, 5.74) is 0. The van der Waals surface area contributed by atoms with Gasteiger partial charge in [0.25, 0.3) is 0 Å². The first-order valence-corrected chi connectivity index (χ1v) is 6.49. The molecular weight excluding hydrogens is 188 g/mol. The van der Waals surface area contributed by atoms with Gasteiger partial charge in [-0.3, -0.25) is 0 Å². The van der Waals surface area contributed by atoms with E-state index in [1.807, 2.05) is 0 Å². The minimum atomic E-state index is 0.642. The summed E-state index contributed by atoms with van der Waals surface area (Å²) in [6.45, 7) is 4.56. The Hall–Kier alpha value is -0.120. The van der Waals surface area contributed by atoms with Gasteiger partial charge in [0.1, 0.15) is 0 Å². The number of hydrogen-bond donors (Lipinski definition) is 1. The van der Waals surface area contributed by atoms with Crippen LogP contribution in [0.25, 0.3) is 0 Å². The summed E-state index contributed by atoms with van der Waals surface area (Å²) in [6, 6.07) is 2.29. The molecule has 0 aromatic carbocycles. The van der Waals surface area contributed by atoms with Crippen LogP contribution in [0.5, 0.6) is 0 Å². The predicted molar refractivity (Wildman–Crippen MR) is 60.0 cm³/mol.